The smallest absolute Gasteiger partial charge is 0.263 e. The Labute approximate surface area is 189 Å². The number of ether oxygens (including phenoxy) is 1. The van der Waals surface area contributed by atoms with E-state index in [0.717, 1.165) is 0 Å². The number of hydrogen-bond donors (Lipinski definition) is 2. The molecular formula is C21H20N4O5S2. The maximum atomic E-state index is 12.7. The van der Waals surface area contributed by atoms with Crippen LogP contribution in [0.2, 0.25) is 0 Å². The summed E-state index contributed by atoms with van der Waals surface area (Å²) >= 11 is 1.17. The number of benzene rings is 2. The molecule has 2 heterocycles. The number of methoxy groups -OCH3 is 1. The van der Waals surface area contributed by atoms with Gasteiger partial charge in [-0.1, -0.05) is 0 Å². The van der Waals surface area contributed by atoms with Gasteiger partial charge in [0.05, 0.1) is 17.9 Å². The van der Waals surface area contributed by atoms with E-state index in [4.69, 9.17) is 4.74 Å². The quantitative estimate of drug-likeness (QED) is 0.546. The van der Waals surface area contributed by atoms with Gasteiger partial charge in [0, 0.05) is 35.9 Å². The van der Waals surface area contributed by atoms with Crippen LogP contribution in [0.4, 0.5) is 16.5 Å². The highest BCUT2D eigenvalue weighted by molar-refractivity contribution is 7.93. The highest BCUT2D eigenvalue weighted by Gasteiger charge is 2.35. The maximum absolute atomic E-state index is 12.7. The van der Waals surface area contributed by atoms with Gasteiger partial charge >= 0.3 is 0 Å². The number of thiazole rings is 1. The predicted molar refractivity (Wildman–Crippen MR) is 121 cm³/mol. The molecule has 3 aromatic rings. The first kappa shape index (κ1) is 21.8. The molecule has 1 aromatic heterocycles. The highest BCUT2D eigenvalue weighted by Crippen LogP contribution is 2.28. The summed E-state index contributed by atoms with van der Waals surface area (Å²) < 4.78 is 32.3. The van der Waals surface area contributed by atoms with Crippen LogP contribution in [0.25, 0.3) is 0 Å². The average Bonchev–Trinajstić information content (AvgIpc) is 3.43. The molecule has 1 saturated heterocycles. The normalized spacial score (nSPS) is 16.1. The van der Waals surface area contributed by atoms with Crippen LogP contribution >= 0.6 is 11.3 Å². The SMILES string of the molecule is COc1ccc(N2C[C@@H](C(=O)Nc3ccc(S(=O)(=O)Nc4nccs4)cc3)CC2=O)cc1. The number of carbonyl (C=O) groups is 2. The van der Waals surface area contributed by atoms with Crippen molar-refractivity contribution in [2.75, 3.05) is 28.6 Å². The summed E-state index contributed by atoms with van der Waals surface area (Å²) in [6, 6.07) is 12.9. The van der Waals surface area contributed by atoms with E-state index in [-0.39, 0.29) is 34.8 Å². The highest BCUT2D eigenvalue weighted by atomic mass is 32.2. The maximum Gasteiger partial charge on any atom is 0.263 e. The average molecular weight is 473 g/mol. The third-order valence-electron chi connectivity index (χ3n) is 4.97. The third-order valence-corrected chi connectivity index (χ3v) is 7.14. The number of aromatic nitrogens is 1. The fourth-order valence-corrected chi connectivity index (χ4v) is 5.09. The van der Waals surface area contributed by atoms with Crippen LogP contribution in [-0.2, 0) is 19.6 Å². The number of carbonyl (C=O) groups excluding carboxylic acids is 2. The number of anilines is 3. The van der Waals surface area contributed by atoms with Crippen molar-refractivity contribution >= 4 is 49.7 Å². The van der Waals surface area contributed by atoms with Gasteiger partial charge in [0.1, 0.15) is 5.75 Å². The van der Waals surface area contributed by atoms with E-state index in [1.807, 2.05) is 0 Å². The molecular weight excluding hydrogens is 452 g/mol. The fourth-order valence-electron chi connectivity index (χ4n) is 3.30. The molecule has 0 saturated carbocycles. The number of amides is 2. The van der Waals surface area contributed by atoms with E-state index in [9.17, 15) is 18.0 Å². The van der Waals surface area contributed by atoms with Crippen molar-refractivity contribution < 1.29 is 22.7 Å². The van der Waals surface area contributed by atoms with Crippen molar-refractivity contribution in [1.29, 1.82) is 0 Å². The van der Waals surface area contributed by atoms with Crippen LogP contribution in [0.15, 0.2) is 65.0 Å². The number of nitrogens with one attached hydrogen (secondary N) is 2. The number of hydrogen-bond acceptors (Lipinski definition) is 7. The fraction of sp³-hybridized carbons (Fsp3) is 0.190. The van der Waals surface area contributed by atoms with Gasteiger partial charge < -0.3 is 15.0 Å². The lowest BCUT2D eigenvalue weighted by molar-refractivity contribution is -0.122. The van der Waals surface area contributed by atoms with Gasteiger partial charge in [-0.25, -0.2) is 13.4 Å². The molecule has 2 aromatic carbocycles. The van der Waals surface area contributed by atoms with Crippen molar-refractivity contribution in [1.82, 2.24) is 4.98 Å². The summed E-state index contributed by atoms with van der Waals surface area (Å²) in [4.78, 5) is 30.6. The Balaban J connectivity index is 1.39. The molecule has 166 valence electrons. The van der Waals surface area contributed by atoms with Gasteiger partial charge in [0.2, 0.25) is 11.8 Å². The summed E-state index contributed by atoms with van der Waals surface area (Å²) in [7, 11) is -2.20. The molecule has 1 fully saturated rings. The van der Waals surface area contributed by atoms with Crippen LogP contribution in [0.1, 0.15) is 6.42 Å². The Hall–Kier alpha value is -3.44. The van der Waals surface area contributed by atoms with Gasteiger partial charge in [-0.3, -0.25) is 14.3 Å². The van der Waals surface area contributed by atoms with E-state index in [1.54, 1.807) is 41.7 Å². The molecule has 1 aliphatic heterocycles. The monoisotopic (exact) mass is 472 g/mol. The molecule has 0 bridgehead atoms. The summed E-state index contributed by atoms with van der Waals surface area (Å²) in [5.74, 6) is -0.266. The van der Waals surface area contributed by atoms with E-state index in [0.29, 0.717) is 17.1 Å². The predicted octanol–water partition coefficient (Wildman–Crippen LogP) is 2.94. The first-order valence-electron chi connectivity index (χ1n) is 9.63. The van der Waals surface area contributed by atoms with E-state index < -0.39 is 15.9 Å². The minimum atomic E-state index is -3.77. The summed E-state index contributed by atoms with van der Waals surface area (Å²) in [5.41, 5.74) is 1.15. The van der Waals surface area contributed by atoms with Crippen LogP contribution in [-0.4, -0.2) is 38.9 Å². The van der Waals surface area contributed by atoms with Gasteiger partial charge in [-0.2, -0.15) is 0 Å². The minimum Gasteiger partial charge on any atom is -0.497 e. The standard InChI is InChI=1S/C21H20N4O5S2/c1-30-17-6-4-16(5-7-17)25-13-14(12-19(25)26)20(27)23-15-2-8-18(9-3-15)32(28,29)24-21-22-10-11-31-21/h2-11,14H,12-13H2,1H3,(H,22,24)(H,23,27)/t14-/m0/s1. The second-order valence-corrected chi connectivity index (χ2v) is 9.64. The van der Waals surface area contributed by atoms with E-state index in [2.05, 4.69) is 15.0 Å². The van der Waals surface area contributed by atoms with Crippen molar-refractivity contribution in [3.8, 4) is 5.75 Å². The molecule has 1 atom stereocenters. The topological polar surface area (TPSA) is 118 Å². The van der Waals surface area contributed by atoms with Gasteiger partial charge in [-0.15, -0.1) is 11.3 Å². The molecule has 9 nitrogen and oxygen atoms in total. The van der Waals surface area contributed by atoms with Crippen molar-refractivity contribution in [2.45, 2.75) is 11.3 Å². The molecule has 0 unspecified atom stereocenters. The number of nitrogens with zero attached hydrogens (tertiary/aromatic N) is 2. The molecule has 0 aliphatic carbocycles. The minimum absolute atomic E-state index is 0.0485. The summed E-state index contributed by atoms with van der Waals surface area (Å²) in [5, 5.41) is 4.70. The second-order valence-electron chi connectivity index (χ2n) is 7.06. The Morgan fingerprint density at radius 1 is 1.16 bits per heavy atom. The van der Waals surface area contributed by atoms with Crippen molar-refractivity contribution in [2.24, 2.45) is 5.92 Å². The van der Waals surface area contributed by atoms with E-state index in [1.165, 1.54) is 41.8 Å². The Morgan fingerprint density at radius 2 is 1.88 bits per heavy atom. The molecule has 4 rings (SSSR count). The second kappa shape index (κ2) is 8.97. The first-order valence-corrected chi connectivity index (χ1v) is 12.0. The van der Waals surface area contributed by atoms with Crippen molar-refractivity contribution in [3.63, 3.8) is 0 Å². The Kier molecular flexibility index (Phi) is 6.10. The molecule has 1 aliphatic rings. The number of sulfonamides is 1. The summed E-state index contributed by atoms with van der Waals surface area (Å²) in [6.45, 7) is 0.265. The molecule has 0 radical (unpaired) electrons. The van der Waals surface area contributed by atoms with Crippen LogP contribution in [0, 0.1) is 5.92 Å². The zero-order valence-corrected chi connectivity index (χ0v) is 18.7. The van der Waals surface area contributed by atoms with E-state index >= 15 is 0 Å². The zero-order chi connectivity index (χ0) is 22.7. The summed E-state index contributed by atoms with van der Waals surface area (Å²) in [6.07, 6.45) is 1.60. The molecule has 2 amide bonds. The largest absolute Gasteiger partial charge is 0.497 e. The van der Waals surface area contributed by atoms with Gasteiger partial charge in [0.15, 0.2) is 5.13 Å². The Bertz CT molecular complexity index is 1210. The lowest BCUT2D eigenvalue weighted by atomic mass is 10.1. The van der Waals surface area contributed by atoms with Crippen LogP contribution < -0.4 is 19.7 Å². The Morgan fingerprint density at radius 3 is 2.50 bits per heavy atom. The third kappa shape index (κ3) is 4.73. The van der Waals surface area contributed by atoms with Crippen LogP contribution in [0.5, 0.6) is 5.75 Å². The lowest BCUT2D eigenvalue weighted by Crippen LogP contribution is -2.28. The molecule has 11 heteroatoms. The van der Waals surface area contributed by atoms with Crippen molar-refractivity contribution in [3.05, 3.63) is 60.1 Å². The number of rotatable bonds is 7. The van der Waals surface area contributed by atoms with Crippen LogP contribution in [0.3, 0.4) is 0 Å². The first-order chi connectivity index (χ1) is 15.4. The van der Waals surface area contributed by atoms with Gasteiger partial charge in [-0.05, 0) is 48.5 Å². The van der Waals surface area contributed by atoms with Gasteiger partial charge in [0.25, 0.3) is 10.0 Å². The molecule has 0 spiro atoms. The molecule has 32 heavy (non-hydrogen) atoms. The molecule has 2 N–H and O–H groups in total. The zero-order valence-electron chi connectivity index (χ0n) is 17.0. The lowest BCUT2D eigenvalue weighted by Gasteiger charge is -2.17.